The van der Waals surface area contributed by atoms with E-state index in [1.54, 1.807) is 0 Å². The molecule has 0 aliphatic rings. The average molecular weight is 348 g/mol. The predicted octanol–water partition coefficient (Wildman–Crippen LogP) is -2.77. The van der Waals surface area contributed by atoms with Gasteiger partial charge in [0, 0.05) is 0 Å². The predicted molar refractivity (Wildman–Crippen MR) is 98.1 cm³/mol. The van der Waals surface area contributed by atoms with Crippen LogP contribution in [0.3, 0.4) is 0 Å². The van der Waals surface area contributed by atoms with Crippen LogP contribution in [0.2, 0.25) is 0 Å². The third-order valence-corrected chi connectivity index (χ3v) is 5.49. The Labute approximate surface area is 167 Å². The van der Waals surface area contributed by atoms with Crippen LogP contribution in [0.1, 0.15) is 0 Å². The summed E-state index contributed by atoms with van der Waals surface area (Å²) in [4.78, 5) is 0. The Morgan fingerprint density at radius 1 is 0.625 bits per heavy atom. The summed E-state index contributed by atoms with van der Waals surface area (Å²) in [6.45, 7) is 0. The van der Waals surface area contributed by atoms with Gasteiger partial charge in [0.15, 0.2) is 7.69 Å². The summed E-state index contributed by atoms with van der Waals surface area (Å²) in [5.41, 5.74) is 0. The molecule has 0 radical (unpaired) electrons. The molecule has 0 aliphatic heterocycles. The minimum Gasteiger partial charge on any atom is -0.859 e. The van der Waals surface area contributed by atoms with Gasteiger partial charge in [0.25, 0.3) is 0 Å². The first-order valence-corrected chi connectivity index (χ1v) is 8.35. The van der Waals surface area contributed by atoms with Crippen LogP contribution in [0.15, 0.2) is 91.0 Å². The van der Waals surface area contributed by atoms with E-state index in [1.807, 2.05) is 0 Å². The van der Waals surface area contributed by atoms with Crippen molar-refractivity contribution in [3.05, 3.63) is 91.0 Å². The molecule has 24 heavy (non-hydrogen) atoms. The Bertz CT molecular complexity index is 563. The van der Waals surface area contributed by atoms with E-state index in [2.05, 4.69) is 91.0 Å². The number of rotatable bonds is 3. The molecule has 118 valence electrons. The quantitative estimate of drug-likeness (QED) is 0.411. The molecule has 0 amide bonds. The van der Waals surface area contributed by atoms with Gasteiger partial charge in [0.2, 0.25) is 0 Å². The topological polar surface area (TPSA) is 74.8 Å². The maximum absolute atomic E-state index is 8.49. The summed E-state index contributed by atoms with van der Waals surface area (Å²) >= 11 is 0. The van der Waals surface area contributed by atoms with Crippen LogP contribution < -0.4 is 50.5 Å². The van der Waals surface area contributed by atoms with Gasteiger partial charge in [-0.2, -0.15) is 0 Å². The molecular weight excluding hydrogens is 329 g/mol. The van der Waals surface area contributed by atoms with Gasteiger partial charge in [-0.05, 0) is 23.8 Å². The van der Waals surface area contributed by atoms with Crippen LogP contribution in [0.25, 0.3) is 0 Å². The number of benzene rings is 3. The van der Waals surface area contributed by atoms with E-state index in [-0.39, 0.29) is 35.0 Å². The molecule has 3 rings (SSSR count). The molecule has 0 saturated heterocycles. The zero-order chi connectivity index (χ0) is 15.6. The molecule has 0 atom stereocenters. The normalized spacial score (nSPS) is 8.96. The molecule has 0 spiro atoms. The van der Waals surface area contributed by atoms with Crippen molar-refractivity contribution in [1.29, 1.82) is 0 Å². The van der Waals surface area contributed by atoms with Crippen LogP contribution in [-0.2, 0) is 0 Å². The van der Waals surface area contributed by atoms with Gasteiger partial charge in [-0.1, -0.05) is 91.0 Å². The maximum Gasteiger partial charge on any atom is 1.00 e. The monoisotopic (exact) mass is 348 g/mol. The van der Waals surface area contributed by atoms with Crippen LogP contribution in [0.4, 0.5) is 0 Å². The van der Waals surface area contributed by atoms with Crippen molar-refractivity contribution < 1.29 is 45.1 Å². The molecule has 0 fully saturated rings. The summed E-state index contributed by atoms with van der Waals surface area (Å²) in [5, 5.41) is 19.7. The molecule has 0 saturated carbocycles. The minimum atomic E-state index is -1.00. The van der Waals surface area contributed by atoms with Gasteiger partial charge in [0.05, 0.1) is 0 Å². The van der Waals surface area contributed by atoms with E-state index in [1.165, 1.54) is 15.9 Å². The van der Waals surface area contributed by atoms with Crippen molar-refractivity contribution in [1.82, 2.24) is 0 Å². The first-order chi connectivity index (χ1) is 10.9. The molecule has 3 aromatic carbocycles. The summed E-state index contributed by atoms with van der Waals surface area (Å²) < 4.78 is 0. The molecular formula is C18H19BNaO3P. The van der Waals surface area contributed by atoms with Crippen molar-refractivity contribution in [3.8, 4) is 0 Å². The standard InChI is InChI=1S/C18H15P.BH2O2.Na.H2O/c1-4-10-16(11-5-1)19(17-12-6-2-7-13-17)18-14-8-3-9-15-18;2-1-3;;/h1-15H;1-2H;;1H2/q;-1;+1;. The van der Waals surface area contributed by atoms with Crippen molar-refractivity contribution in [2.24, 2.45) is 0 Å². The fourth-order valence-electron chi connectivity index (χ4n) is 2.18. The second kappa shape index (κ2) is 13.3. The van der Waals surface area contributed by atoms with E-state index < -0.39 is 15.6 Å². The molecule has 0 aromatic heterocycles. The van der Waals surface area contributed by atoms with Gasteiger partial charge >= 0.3 is 29.6 Å². The fraction of sp³-hybridized carbons (Fsp3) is 0. The molecule has 6 heteroatoms. The van der Waals surface area contributed by atoms with Crippen LogP contribution in [-0.4, -0.2) is 18.2 Å². The van der Waals surface area contributed by atoms with Crippen LogP contribution in [0.5, 0.6) is 0 Å². The zero-order valence-corrected chi connectivity index (χ0v) is 16.6. The van der Waals surface area contributed by atoms with Gasteiger partial charge in [-0.25, -0.2) is 0 Å². The van der Waals surface area contributed by atoms with E-state index in [0.717, 1.165) is 0 Å². The smallest absolute Gasteiger partial charge is 0.859 e. The van der Waals surface area contributed by atoms with Crippen LogP contribution >= 0.6 is 7.92 Å². The minimum absolute atomic E-state index is 0. The average Bonchev–Trinajstić information content (AvgIpc) is 2.59. The zero-order valence-electron chi connectivity index (χ0n) is 13.7. The maximum atomic E-state index is 8.49. The van der Waals surface area contributed by atoms with Crippen molar-refractivity contribution in [2.45, 2.75) is 0 Å². The molecule has 3 nitrogen and oxygen atoms in total. The third kappa shape index (κ3) is 6.88. The summed E-state index contributed by atoms with van der Waals surface area (Å²) in [7, 11) is -1.45. The molecule has 0 bridgehead atoms. The third-order valence-electron chi connectivity index (χ3n) is 3.04. The van der Waals surface area contributed by atoms with Crippen molar-refractivity contribution in [3.63, 3.8) is 0 Å². The van der Waals surface area contributed by atoms with E-state index in [9.17, 15) is 0 Å². The Morgan fingerprint density at radius 2 is 0.833 bits per heavy atom. The number of hydrogen-bond donors (Lipinski definition) is 1. The van der Waals surface area contributed by atoms with Gasteiger partial charge in [-0.15, -0.1) is 0 Å². The van der Waals surface area contributed by atoms with Crippen LogP contribution in [0, 0.1) is 0 Å². The Balaban J connectivity index is 0.000000988. The second-order valence-electron chi connectivity index (χ2n) is 4.47. The van der Waals surface area contributed by atoms with E-state index in [4.69, 9.17) is 10.0 Å². The largest absolute Gasteiger partial charge is 1.00 e. The van der Waals surface area contributed by atoms with E-state index in [0.29, 0.717) is 0 Å². The van der Waals surface area contributed by atoms with Gasteiger partial charge in [0.1, 0.15) is 0 Å². The summed E-state index contributed by atoms with van der Waals surface area (Å²) in [5.74, 6) is 0. The van der Waals surface area contributed by atoms with Gasteiger partial charge < -0.3 is 15.5 Å². The van der Waals surface area contributed by atoms with E-state index >= 15 is 0 Å². The molecule has 3 aromatic rings. The first kappa shape index (κ1) is 23.0. The SMILES string of the molecule is O.[Na+].[O-]BO.c1ccc(P(c2ccccc2)c2ccccc2)cc1. The Hall–Kier alpha value is -0.965. The Kier molecular flexibility index (Phi) is 12.8. The van der Waals surface area contributed by atoms with Crippen molar-refractivity contribution in [2.75, 3.05) is 0 Å². The number of hydrogen-bond acceptors (Lipinski definition) is 2. The Morgan fingerprint density at radius 3 is 1.04 bits per heavy atom. The molecule has 0 heterocycles. The van der Waals surface area contributed by atoms with Crippen molar-refractivity contribution >= 4 is 31.5 Å². The van der Waals surface area contributed by atoms with Gasteiger partial charge in [-0.3, -0.25) is 0 Å². The summed E-state index contributed by atoms with van der Waals surface area (Å²) in [6.07, 6.45) is 0. The molecule has 3 N–H and O–H groups in total. The molecule has 0 unspecified atom stereocenters. The fourth-order valence-corrected chi connectivity index (χ4v) is 4.48. The summed E-state index contributed by atoms with van der Waals surface area (Å²) in [6, 6.07) is 32.3. The second-order valence-corrected chi connectivity index (χ2v) is 6.69. The first-order valence-electron chi connectivity index (χ1n) is 7.01. The molecule has 0 aliphatic carbocycles.